The van der Waals surface area contributed by atoms with Gasteiger partial charge in [-0.15, -0.1) is 0 Å². The Labute approximate surface area is 147 Å². The summed E-state index contributed by atoms with van der Waals surface area (Å²) in [6, 6.07) is 4.72. The highest BCUT2D eigenvalue weighted by Gasteiger charge is 2.42. The van der Waals surface area contributed by atoms with Gasteiger partial charge in [-0.3, -0.25) is 9.59 Å². The van der Waals surface area contributed by atoms with Crippen molar-refractivity contribution < 1.29 is 46.1 Å². The van der Waals surface area contributed by atoms with E-state index in [0.29, 0.717) is 0 Å². The average Bonchev–Trinajstić information content (AvgIpc) is 2.60. The van der Waals surface area contributed by atoms with Gasteiger partial charge >= 0.3 is 24.3 Å². The van der Waals surface area contributed by atoms with Gasteiger partial charge in [0, 0.05) is 12.8 Å². The maximum absolute atomic E-state index is 12.6. The number of para-hydroxylation sites is 1. The lowest BCUT2D eigenvalue weighted by molar-refractivity contribution is -0.179. The lowest BCUT2D eigenvalue weighted by Gasteiger charge is -2.15. The third-order valence-electron chi connectivity index (χ3n) is 3.11. The van der Waals surface area contributed by atoms with Gasteiger partial charge in [-0.2, -0.15) is 8.78 Å². The molecule has 0 aromatic heterocycles. The quantitative estimate of drug-likeness (QED) is 0.352. The smallest absolute Gasteiger partial charge is 0.340 e. The highest BCUT2D eigenvalue weighted by molar-refractivity contribution is 5.76. The first-order valence-electron chi connectivity index (χ1n) is 7.44. The van der Waals surface area contributed by atoms with Crippen LogP contribution in [-0.2, 0) is 14.3 Å². The van der Waals surface area contributed by atoms with Crippen LogP contribution in [0.2, 0.25) is 0 Å². The zero-order valence-electron chi connectivity index (χ0n) is 14.1. The van der Waals surface area contributed by atoms with Gasteiger partial charge in [-0.05, 0) is 18.6 Å². The fraction of sp³-hybridized carbons (Fsp3) is 0.500. The number of carbonyl (C=O) groups excluding carboxylic acids is 2. The predicted octanol–water partition coefficient (Wildman–Crippen LogP) is 3.22. The molecule has 0 radical (unpaired) electrons. The molecular weight excluding hydrogens is 364 g/mol. The minimum Gasteiger partial charge on any atom is -0.493 e. The van der Waals surface area contributed by atoms with E-state index in [4.69, 9.17) is 14.2 Å². The van der Waals surface area contributed by atoms with Crippen LogP contribution >= 0.6 is 0 Å². The van der Waals surface area contributed by atoms with Crippen molar-refractivity contribution in [2.24, 2.45) is 0 Å². The zero-order chi connectivity index (χ0) is 19.7. The second kappa shape index (κ2) is 9.83. The Kier molecular flexibility index (Phi) is 8.14. The van der Waals surface area contributed by atoms with Gasteiger partial charge in [0.2, 0.25) is 5.75 Å². The Morgan fingerprint density at radius 1 is 1.04 bits per heavy atom. The van der Waals surface area contributed by atoms with Gasteiger partial charge in [0.15, 0.2) is 18.1 Å². The molecule has 26 heavy (non-hydrogen) atoms. The highest BCUT2D eigenvalue weighted by atomic mass is 19.3. The van der Waals surface area contributed by atoms with Gasteiger partial charge in [-0.1, -0.05) is 6.07 Å². The van der Waals surface area contributed by atoms with E-state index in [2.05, 4.69) is 4.74 Å². The molecule has 0 saturated carbocycles. The Bertz CT molecular complexity index is 599. The van der Waals surface area contributed by atoms with Crippen molar-refractivity contribution in [3.05, 3.63) is 18.2 Å². The third-order valence-corrected chi connectivity index (χ3v) is 3.11. The number of methoxy groups -OCH3 is 2. The van der Waals surface area contributed by atoms with E-state index in [1.165, 1.54) is 14.2 Å². The lowest BCUT2D eigenvalue weighted by Crippen LogP contribution is -2.33. The molecule has 0 heterocycles. The average molecular weight is 382 g/mol. The van der Waals surface area contributed by atoms with E-state index in [1.54, 1.807) is 18.2 Å². The van der Waals surface area contributed by atoms with E-state index in [9.17, 15) is 27.2 Å². The molecule has 0 aliphatic carbocycles. The molecule has 0 aliphatic heterocycles. The highest BCUT2D eigenvalue weighted by Crippen LogP contribution is 2.37. The molecule has 10 heteroatoms. The molecule has 1 aromatic carbocycles. The molecule has 0 aliphatic rings. The number of hydrogen-bond donors (Lipinski definition) is 0. The van der Waals surface area contributed by atoms with Gasteiger partial charge in [0.25, 0.3) is 0 Å². The third kappa shape index (κ3) is 6.41. The van der Waals surface area contributed by atoms with Crippen LogP contribution in [-0.4, -0.2) is 45.1 Å². The number of rotatable bonds is 10. The van der Waals surface area contributed by atoms with Crippen molar-refractivity contribution >= 4 is 11.9 Å². The van der Waals surface area contributed by atoms with Crippen LogP contribution in [0, 0.1) is 0 Å². The molecule has 146 valence electrons. The minimum absolute atomic E-state index is 0.0571. The van der Waals surface area contributed by atoms with E-state index in [1.807, 2.05) is 0 Å². The van der Waals surface area contributed by atoms with Crippen LogP contribution in [0.3, 0.4) is 0 Å². The summed E-state index contributed by atoms with van der Waals surface area (Å²) in [5, 5.41) is 0. The summed E-state index contributed by atoms with van der Waals surface area (Å²) >= 11 is 0. The number of alkyl halides is 4. The second-order valence-electron chi connectivity index (χ2n) is 5.04. The normalized spacial score (nSPS) is 11.2. The van der Waals surface area contributed by atoms with Crippen LogP contribution in [0.25, 0.3) is 0 Å². The van der Waals surface area contributed by atoms with Crippen molar-refractivity contribution in [1.29, 1.82) is 0 Å². The number of ether oxygens (including phenoxy) is 4. The van der Waals surface area contributed by atoms with E-state index >= 15 is 0 Å². The summed E-state index contributed by atoms with van der Waals surface area (Å²) < 4.78 is 68.4. The fourth-order valence-corrected chi connectivity index (χ4v) is 1.77. The molecule has 0 N–H and O–H groups in total. The number of benzene rings is 1. The minimum atomic E-state index is -4.41. The van der Waals surface area contributed by atoms with Crippen molar-refractivity contribution in [1.82, 2.24) is 0 Å². The van der Waals surface area contributed by atoms with Gasteiger partial charge in [-0.25, -0.2) is 8.78 Å². The summed E-state index contributed by atoms with van der Waals surface area (Å²) in [5.41, 5.74) is 0. The molecule has 0 saturated heterocycles. The Morgan fingerprint density at radius 2 is 1.58 bits per heavy atom. The van der Waals surface area contributed by atoms with Crippen molar-refractivity contribution in [3.63, 3.8) is 0 Å². The topological polar surface area (TPSA) is 71.1 Å². The van der Waals surface area contributed by atoms with Gasteiger partial charge in [0.05, 0.1) is 14.2 Å². The Balaban J connectivity index is 2.45. The molecule has 0 amide bonds. The maximum atomic E-state index is 12.6. The monoisotopic (exact) mass is 382 g/mol. The molecular formula is C16H18F4O6. The Morgan fingerprint density at radius 3 is 2.08 bits per heavy atom. The number of halogens is 4. The Hall–Kier alpha value is -2.52. The summed E-state index contributed by atoms with van der Waals surface area (Å²) in [6.45, 7) is -1.72. The summed E-state index contributed by atoms with van der Waals surface area (Å²) in [6.07, 6.45) is -4.64. The number of esters is 2. The first kappa shape index (κ1) is 21.5. The van der Waals surface area contributed by atoms with Gasteiger partial charge < -0.3 is 18.9 Å². The maximum Gasteiger partial charge on any atom is 0.340 e. The lowest BCUT2D eigenvalue weighted by atomic mass is 10.2. The summed E-state index contributed by atoms with van der Waals surface area (Å²) in [7, 11) is 2.74. The number of hydrogen-bond acceptors (Lipinski definition) is 6. The van der Waals surface area contributed by atoms with E-state index in [-0.39, 0.29) is 30.1 Å². The van der Waals surface area contributed by atoms with Gasteiger partial charge in [0.1, 0.15) is 0 Å². The van der Waals surface area contributed by atoms with Crippen molar-refractivity contribution in [2.45, 2.75) is 31.6 Å². The molecule has 0 fully saturated rings. The summed E-state index contributed by atoms with van der Waals surface area (Å²) in [5.74, 6) is -5.68. The first-order valence-corrected chi connectivity index (χ1v) is 7.44. The van der Waals surface area contributed by atoms with Crippen LogP contribution in [0.1, 0.15) is 19.3 Å². The molecule has 1 rings (SSSR count). The largest absolute Gasteiger partial charge is 0.493 e. The van der Waals surface area contributed by atoms with Crippen molar-refractivity contribution in [2.75, 3.05) is 20.8 Å². The standard InChI is InChI=1S/C16H18F4O6/c1-23-10-5-3-6-11(24-2)14(10)26-13(22)8-4-7-12(21)25-9-16(19,20)15(17)18/h3,5-6,15H,4,7-9H2,1-2H3. The molecule has 0 spiro atoms. The molecule has 0 atom stereocenters. The zero-order valence-corrected chi connectivity index (χ0v) is 14.1. The fourth-order valence-electron chi connectivity index (χ4n) is 1.77. The van der Waals surface area contributed by atoms with E-state index in [0.717, 1.165) is 0 Å². The predicted molar refractivity (Wildman–Crippen MR) is 80.9 cm³/mol. The van der Waals surface area contributed by atoms with Crippen LogP contribution in [0.4, 0.5) is 17.6 Å². The van der Waals surface area contributed by atoms with Crippen LogP contribution < -0.4 is 14.2 Å². The van der Waals surface area contributed by atoms with Crippen LogP contribution in [0.15, 0.2) is 18.2 Å². The SMILES string of the molecule is COc1cccc(OC)c1OC(=O)CCCC(=O)OCC(F)(F)C(F)F. The molecule has 0 bridgehead atoms. The van der Waals surface area contributed by atoms with E-state index < -0.39 is 37.3 Å². The molecule has 1 aromatic rings. The first-order chi connectivity index (χ1) is 12.2. The second-order valence-corrected chi connectivity index (χ2v) is 5.04. The molecule has 0 unspecified atom stereocenters. The number of carbonyl (C=O) groups is 2. The molecule has 6 nitrogen and oxygen atoms in total. The van der Waals surface area contributed by atoms with Crippen molar-refractivity contribution in [3.8, 4) is 17.2 Å². The summed E-state index contributed by atoms with van der Waals surface area (Å²) in [4.78, 5) is 23.1. The van der Waals surface area contributed by atoms with Crippen LogP contribution in [0.5, 0.6) is 17.2 Å².